The van der Waals surface area contributed by atoms with Crippen molar-refractivity contribution in [3.63, 3.8) is 0 Å². The van der Waals surface area contributed by atoms with Crippen LogP contribution in [0.3, 0.4) is 0 Å². The van der Waals surface area contributed by atoms with Crippen LogP contribution in [-0.4, -0.2) is 9.97 Å². The van der Waals surface area contributed by atoms with Gasteiger partial charge in [-0.1, -0.05) is 204 Å². The van der Waals surface area contributed by atoms with E-state index in [1.165, 1.54) is 82.9 Å². The Kier molecular flexibility index (Phi) is 7.96. The fourth-order valence-corrected chi connectivity index (χ4v) is 10.7. The second-order valence-corrected chi connectivity index (χ2v) is 18.1. The van der Waals surface area contributed by atoms with Crippen LogP contribution in [0.5, 0.6) is 0 Å². The molecule has 0 amide bonds. The molecule has 9 aromatic carbocycles. The van der Waals surface area contributed by atoms with Crippen LogP contribution in [0.25, 0.3) is 100.0 Å². The fourth-order valence-electron chi connectivity index (χ4n) is 10.7. The number of hydrogen-bond acceptors (Lipinski definition) is 2. The van der Waals surface area contributed by atoms with E-state index in [-0.39, 0.29) is 10.8 Å². The maximum atomic E-state index is 5.37. The van der Waals surface area contributed by atoms with E-state index in [1.807, 2.05) is 6.07 Å². The van der Waals surface area contributed by atoms with Crippen molar-refractivity contribution in [3.05, 3.63) is 216 Å². The van der Waals surface area contributed by atoms with Gasteiger partial charge >= 0.3 is 0 Å². The van der Waals surface area contributed by atoms with Crippen LogP contribution < -0.4 is 0 Å². The van der Waals surface area contributed by atoms with Crippen LogP contribution in [0, 0.1) is 0 Å². The molecule has 0 aliphatic heterocycles. The lowest BCUT2D eigenvalue weighted by Crippen LogP contribution is -2.14. The maximum absolute atomic E-state index is 5.37. The molecule has 2 aliphatic rings. The zero-order valence-electron chi connectivity index (χ0n) is 35.4. The second-order valence-electron chi connectivity index (χ2n) is 18.1. The number of rotatable bonds is 5. The molecule has 2 heteroatoms. The van der Waals surface area contributed by atoms with Crippen LogP contribution >= 0.6 is 0 Å². The third kappa shape index (κ3) is 5.43. The molecule has 62 heavy (non-hydrogen) atoms. The van der Waals surface area contributed by atoms with Gasteiger partial charge in [-0.15, -0.1) is 0 Å². The van der Waals surface area contributed by atoms with Crippen molar-refractivity contribution in [2.24, 2.45) is 0 Å². The van der Waals surface area contributed by atoms with Gasteiger partial charge in [0.25, 0.3) is 0 Å². The molecule has 0 atom stereocenters. The van der Waals surface area contributed by atoms with Gasteiger partial charge in [-0.05, 0) is 107 Å². The van der Waals surface area contributed by atoms with Gasteiger partial charge in [0, 0.05) is 27.5 Å². The van der Waals surface area contributed by atoms with E-state index in [1.54, 1.807) is 0 Å². The lowest BCUT2D eigenvalue weighted by molar-refractivity contribution is 0.660. The average Bonchev–Trinajstić information content (AvgIpc) is 3.69. The SMILES string of the molecule is CC1(C)c2ccccc2-c2c(-c3ccc(-c4ccc(-c5cc(-c6cccc7c6-c6cc8ccccc8cc6C7(C)C)nc(-c6ccccc6)n5)c5ccccc45)cc3)cccc21. The summed E-state index contributed by atoms with van der Waals surface area (Å²) in [5, 5.41) is 4.87. The average molecular weight is 793 g/mol. The maximum Gasteiger partial charge on any atom is 0.160 e. The first-order valence-electron chi connectivity index (χ1n) is 21.7. The Bertz CT molecular complexity index is 3450. The lowest BCUT2D eigenvalue weighted by Gasteiger charge is -2.22. The highest BCUT2D eigenvalue weighted by Gasteiger charge is 2.38. The highest BCUT2D eigenvalue weighted by Crippen LogP contribution is 2.54. The Hall–Kier alpha value is -7.42. The minimum atomic E-state index is -0.156. The van der Waals surface area contributed by atoms with Crippen LogP contribution in [0.15, 0.2) is 194 Å². The molecule has 1 heterocycles. The summed E-state index contributed by atoms with van der Waals surface area (Å²) < 4.78 is 0. The summed E-state index contributed by atoms with van der Waals surface area (Å²) in [5.74, 6) is 0.717. The molecule has 0 bridgehead atoms. The van der Waals surface area contributed by atoms with Crippen molar-refractivity contribution in [2.45, 2.75) is 38.5 Å². The Balaban J connectivity index is 0.994. The first-order chi connectivity index (χ1) is 30.3. The summed E-state index contributed by atoms with van der Waals surface area (Å²) in [6.45, 7) is 9.40. The van der Waals surface area contributed by atoms with E-state index >= 15 is 0 Å². The highest BCUT2D eigenvalue weighted by molar-refractivity contribution is 6.06. The van der Waals surface area contributed by atoms with E-state index in [4.69, 9.17) is 9.97 Å². The van der Waals surface area contributed by atoms with Gasteiger partial charge in [-0.3, -0.25) is 0 Å². The third-order valence-electron chi connectivity index (χ3n) is 13.9. The van der Waals surface area contributed by atoms with E-state index in [9.17, 15) is 0 Å². The first-order valence-corrected chi connectivity index (χ1v) is 21.7. The Morgan fingerprint density at radius 3 is 1.53 bits per heavy atom. The third-order valence-corrected chi connectivity index (χ3v) is 13.9. The molecule has 0 spiro atoms. The molecule has 2 nitrogen and oxygen atoms in total. The summed E-state index contributed by atoms with van der Waals surface area (Å²) in [6.07, 6.45) is 0. The largest absolute Gasteiger partial charge is 0.228 e. The number of nitrogens with zero attached hydrogens (tertiary/aromatic N) is 2. The molecule has 12 rings (SSSR count). The molecule has 294 valence electrons. The van der Waals surface area contributed by atoms with Gasteiger partial charge in [-0.2, -0.15) is 0 Å². The van der Waals surface area contributed by atoms with Crippen molar-refractivity contribution in [1.82, 2.24) is 9.97 Å². The van der Waals surface area contributed by atoms with Gasteiger partial charge in [-0.25, -0.2) is 9.97 Å². The van der Waals surface area contributed by atoms with Gasteiger partial charge in [0.2, 0.25) is 0 Å². The van der Waals surface area contributed by atoms with Gasteiger partial charge in [0.1, 0.15) is 0 Å². The van der Waals surface area contributed by atoms with Gasteiger partial charge in [0.15, 0.2) is 5.82 Å². The van der Waals surface area contributed by atoms with Crippen LogP contribution in [0.2, 0.25) is 0 Å². The standard InChI is InChI=1S/C60H44N2/c1-59(2)50-25-13-12-22-47(50)56-43(23-14-26-51(56)59)38-30-28-37(29-31-38)42-32-33-46(45-21-11-10-20-44(42)45)54-36-55(62-58(61-54)39-16-6-5-7-17-39)48-24-15-27-52-57(48)49-34-40-18-8-9-19-41(40)35-53(49)60(52,3)4/h5-36H,1-4H3. The van der Waals surface area contributed by atoms with Gasteiger partial charge < -0.3 is 0 Å². The van der Waals surface area contributed by atoms with E-state index in [0.29, 0.717) is 5.82 Å². The quantitative estimate of drug-likeness (QED) is 0.173. The van der Waals surface area contributed by atoms with Crippen molar-refractivity contribution < 1.29 is 0 Å². The number of hydrogen-bond donors (Lipinski definition) is 0. The van der Waals surface area contributed by atoms with Crippen molar-refractivity contribution in [1.29, 1.82) is 0 Å². The summed E-state index contributed by atoms with van der Waals surface area (Å²) in [5.41, 5.74) is 20.5. The smallest absolute Gasteiger partial charge is 0.160 e. The van der Waals surface area contributed by atoms with E-state index in [2.05, 4.69) is 216 Å². The van der Waals surface area contributed by atoms with Crippen molar-refractivity contribution >= 4 is 21.5 Å². The molecule has 10 aromatic rings. The second kappa shape index (κ2) is 13.5. The molecule has 0 saturated carbocycles. The summed E-state index contributed by atoms with van der Waals surface area (Å²) in [6, 6.07) is 71.0. The van der Waals surface area contributed by atoms with Gasteiger partial charge in [0.05, 0.1) is 11.4 Å². The minimum Gasteiger partial charge on any atom is -0.228 e. The van der Waals surface area contributed by atoms with Crippen LogP contribution in [-0.2, 0) is 10.8 Å². The van der Waals surface area contributed by atoms with Crippen LogP contribution in [0.4, 0.5) is 0 Å². The number of fused-ring (bicyclic) bond motifs is 8. The molecule has 0 N–H and O–H groups in total. The molecule has 0 saturated heterocycles. The summed E-state index contributed by atoms with van der Waals surface area (Å²) >= 11 is 0. The van der Waals surface area contributed by atoms with E-state index in [0.717, 1.165) is 33.5 Å². The zero-order chi connectivity index (χ0) is 41.7. The first kappa shape index (κ1) is 36.4. The Morgan fingerprint density at radius 1 is 0.306 bits per heavy atom. The fraction of sp³-hybridized carbons (Fsp3) is 0.100. The predicted octanol–water partition coefficient (Wildman–Crippen LogP) is 15.7. The van der Waals surface area contributed by atoms with Crippen molar-refractivity contribution in [3.8, 4) is 78.4 Å². The molecule has 0 radical (unpaired) electrons. The topological polar surface area (TPSA) is 25.8 Å². The molecule has 2 aliphatic carbocycles. The van der Waals surface area contributed by atoms with Crippen LogP contribution in [0.1, 0.15) is 49.9 Å². The summed E-state index contributed by atoms with van der Waals surface area (Å²) in [4.78, 5) is 10.7. The predicted molar refractivity (Wildman–Crippen MR) is 259 cm³/mol. The zero-order valence-corrected chi connectivity index (χ0v) is 35.4. The Labute approximate surface area is 363 Å². The van der Waals surface area contributed by atoms with Crippen molar-refractivity contribution in [2.75, 3.05) is 0 Å². The molecule has 0 fully saturated rings. The number of benzene rings is 9. The molecular formula is C60H44N2. The molecule has 0 unspecified atom stereocenters. The number of aromatic nitrogens is 2. The van der Waals surface area contributed by atoms with E-state index < -0.39 is 0 Å². The Morgan fingerprint density at radius 2 is 0.806 bits per heavy atom. The molecular weight excluding hydrogens is 749 g/mol. The molecule has 1 aromatic heterocycles. The highest BCUT2D eigenvalue weighted by atomic mass is 14.9. The summed E-state index contributed by atoms with van der Waals surface area (Å²) in [7, 11) is 0. The lowest BCUT2D eigenvalue weighted by atomic mass is 9.81. The minimum absolute atomic E-state index is 0.0341. The monoisotopic (exact) mass is 792 g/mol. The normalized spacial score (nSPS) is 14.1.